The van der Waals surface area contributed by atoms with Crippen LogP contribution in [-0.2, 0) is 9.53 Å². The van der Waals surface area contributed by atoms with Crippen molar-refractivity contribution in [1.29, 1.82) is 0 Å². The van der Waals surface area contributed by atoms with E-state index in [9.17, 15) is 14.7 Å². The van der Waals surface area contributed by atoms with E-state index in [1.807, 2.05) is 0 Å². The van der Waals surface area contributed by atoms with Crippen molar-refractivity contribution in [2.75, 3.05) is 13.7 Å². The minimum Gasteiger partial charge on any atom is -0.467 e. The number of pyridine rings is 1. The summed E-state index contributed by atoms with van der Waals surface area (Å²) in [7, 11) is 1.25. The van der Waals surface area contributed by atoms with Crippen molar-refractivity contribution >= 4 is 23.5 Å². The van der Waals surface area contributed by atoms with Crippen LogP contribution in [0.3, 0.4) is 0 Å². The van der Waals surface area contributed by atoms with Crippen molar-refractivity contribution in [1.82, 2.24) is 9.88 Å². The number of methoxy groups -OCH3 is 1. The number of ether oxygens (including phenoxy) is 1. The molecule has 2 heterocycles. The predicted octanol–water partition coefficient (Wildman–Crippen LogP) is 0.792. The van der Waals surface area contributed by atoms with E-state index in [1.54, 1.807) is 13.0 Å². The molecule has 108 valence electrons. The second kappa shape index (κ2) is 5.76. The summed E-state index contributed by atoms with van der Waals surface area (Å²) in [5, 5.41) is 9.94. The molecule has 2 unspecified atom stereocenters. The first kappa shape index (κ1) is 14.7. The molecular formula is C13H15ClN2O4. The Hall–Kier alpha value is -1.66. The number of aryl methyl sites for hydroxylation is 1. The fourth-order valence-corrected chi connectivity index (χ4v) is 2.52. The van der Waals surface area contributed by atoms with Gasteiger partial charge in [0.05, 0.1) is 23.8 Å². The van der Waals surface area contributed by atoms with E-state index in [0.29, 0.717) is 5.69 Å². The first-order valence-corrected chi connectivity index (χ1v) is 6.51. The number of rotatable bonds is 2. The maximum atomic E-state index is 12.4. The lowest BCUT2D eigenvalue weighted by Crippen LogP contribution is -2.41. The number of esters is 1. The van der Waals surface area contributed by atoms with E-state index < -0.39 is 24.0 Å². The average molecular weight is 299 g/mol. The van der Waals surface area contributed by atoms with E-state index >= 15 is 0 Å². The van der Waals surface area contributed by atoms with Crippen LogP contribution in [0.1, 0.15) is 22.5 Å². The minimum atomic E-state index is -0.792. The number of aliphatic hydroxyl groups is 1. The summed E-state index contributed by atoms with van der Waals surface area (Å²) in [6.07, 6.45) is 0.786. The van der Waals surface area contributed by atoms with Crippen molar-refractivity contribution in [3.63, 3.8) is 0 Å². The van der Waals surface area contributed by atoms with Gasteiger partial charge in [0, 0.05) is 24.9 Å². The largest absolute Gasteiger partial charge is 0.467 e. The Kier molecular flexibility index (Phi) is 4.25. The highest BCUT2D eigenvalue weighted by atomic mass is 35.5. The number of carbonyl (C=O) groups is 2. The molecule has 1 aliphatic heterocycles. The monoisotopic (exact) mass is 298 g/mol. The highest BCUT2D eigenvalue weighted by molar-refractivity contribution is 6.33. The second-order valence-corrected chi connectivity index (χ2v) is 5.10. The summed E-state index contributed by atoms with van der Waals surface area (Å²) in [6, 6.07) is 0.786. The highest BCUT2D eigenvalue weighted by Crippen LogP contribution is 2.24. The Balaban J connectivity index is 2.29. The second-order valence-electron chi connectivity index (χ2n) is 4.69. The zero-order chi connectivity index (χ0) is 14.9. The highest BCUT2D eigenvalue weighted by Gasteiger charge is 2.40. The van der Waals surface area contributed by atoms with E-state index in [1.165, 1.54) is 18.2 Å². The molecule has 1 fully saturated rings. The molecule has 2 rings (SSSR count). The normalized spacial score (nSPS) is 21.9. The number of β-amino-alcohol motifs (C(OH)–C–C–N with tert-alkyl or cyclic N) is 1. The molecule has 20 heavy (non-hydrogen) atoms. The van der Waals surface area contributed by atoms with Crippen LogP contribution in [0.4, 0.5) is 0 Å². The lowest BCUT2D eigenvalue weighted by Gasteiger charge is -2.22. The Morgan fingerprint density at radius 3 is 2.85 bits per heavy atom. The molecule has 7 heteroatoms. The fraction of sp³-hybridized carbons (Fsp3) is 0.462. The van der Waals surface area contributed by atoms with Crippen molar-refractivity contribution < 1.29 is 19.4 Å². The summed E-state index contributed by atoms with van der Waals surface area (Å²) < 4.78 is 4.66. The van der Waals surface area contributed by atoms with Crippen molar-refractivity contribution in [3.8, 4) is 0 Å². The van der Waals surface area contributed by atoms with Gasteiger partial charge >= 0.3 is 5.97 Å². The topological polar surface area (TPSA) is 79.7 Å². The van der Waals surface area contributed by atoms with Crippen LogP contribution in [-0.4, -0.2) is 52.7 Å². The van der Waals surface area contributed by atoms with Gasteiger partial charge < -0.3 is 14.7 Å². The Morgan fingerprint density at radius 1 is 1.55 bits per heavy atom. The third-order valence-electron chi connectivity index (χ3n) is 3.23. The third-order valence-corrected chi connectivity index (χ3v) is 3.55. The van der Waals surface area contributed by atoms with E-state index in [0.717, 1.165) is 0 Å². The molecule has 0 aliphatic carbocycles. The van der Waals surface area contributed by atoms with Crippen LogP contribution in [0.25, 0.3) is 0 Å². The van der Waals surface area contributed by atoms with Crippen LogP contribution in [0.5, 0.6) is 0 Å². The van der Waals surface area contributed by atoms with Gasteiger partial charge in [0.15, 0.2) is 0 Å². The number of hydrogen-bond donors (Lipinski definition) is 1. The summed E-state index contributed by atoms with van der Waals surface area (Å²) in [5.74, 6) is -0.986. The number of halogens is 1. The van der Waals surface area contributed by atoms with Crippen molar-refractivity contribution in [3.05, 3.63) is 28.5 Å². The van der Waals surface area contributed by atoms with Crippen molar-refractivity contribution in [2.45, 2.75) is 25.5 Å². The Labute approximate surface area is 121 Å². The molecule has 1 amide bonds. The molecule has 6 nitrogen and oxygen atoms in total. The van der Waals surface area contributed by atoms with E-state index in [2.05, 4.69) is 9.72 Å². The van der Waals surface area contributed by atoms with Crippen LogP contribution >= 0.6 is 11.6 Å². The summed E-state index contributed by atoms with van der Waals surface area (Å²) in [4.78, 5) is 29.4. The summed E-state index contributed by atoms with van der Waals surface area (Å²) in [5.41, 5.74) is 0.901. The standard InChI is InChI=1S/C13H15ClN2O4/c1-7-3-10(14)9(5-15-7)12(18)16-6-8(17)4-11(16)13(19)20-2/h3,5,8,11,17H,4,6H2,1-2H3. The first-order valence-electron chi connectivity index (χ1n) is 6.13. The minimum absolute atomic E-state index is 0.0722. The molecule has 1 aromatic heterocycles. The van der Waals surface area contributed by atoms with Crippen LogP contribution in [0.15, 0.2) is 12.3 Å². The summed E-state index contributed by atoms with van der Waals surface area (Å²) >= 11 is 6.03. The van der Waals surface area contributed by atoms with Crippen LogP contribution < -0.4 is 0 Å². The molecule has 0 aromatic carbocycles. The van der Waals surface area contributed by atoms with Gasteiger partial charge in [-0.15, -0.1) is 0 Å². The zero-order valence-corrected chi connectivity index (χ0v) is 11.9. The molecule has 0 radical (unpaired) electrons. The Bertz CT molecular complexity index is 549. The number of aliphatic hydroxyl groups excluding tert-OH is 1. The Morgan fingerprint density at radius 2 is 2.25 bits per heavy atom. The number of hydrogen-bond acceptors (Lipinski definition) is 5. The molecule has 1 aromatic rings. The molecule has 1 N–H and O–H groups in total. The van der Waals surface area contributed by atoms with Gasteiger partial charge in [-0.2, -0.15) is 0 Å². The molecule has 0 spiro atoms. The molecule has 1 saturated heterocycles. The zero-order valence-electron chi connectivity index (χ0n) is 11.2. The first-order chi connectivity index (χ1) is 9.43. The SMILES string of the molecule is COC(=O)C1CC(O)CN1C(=O)c1cnc(C)cc1Cl. The quantitative estimate of drug-likeness (QED) is 0.817. The fourth-order valence-electron chi connectivity index (χ4n) is 2.24. The molecule has 1 aliphatic rings. The molecular weight excluding hydrogens is 284 g/mol. The van der Waals surface area contributed by atoms with E-state index in [4.69, 9.17) is 11.6 Å². The smallest absolute Gasteiger partial charge is 0.328 e. The maximum Gasteiger partial charge on any atom is 0.328 e. The van der Waals surface area contributed by atoms with Gasteiger partial charge in [0.1, 0.15) is 6.04 Å². The van der Waals surface area contributed by atoms with Crippen LogP contribution in [0, 0.1) is 6.92 Å². The average Bonchev–Trinajstić information content (AvgIpc) is 2.79. The van der Waals surface area contributed by atoms with Gasteiger partial charge in [0.2, 0.25) is 0 Å². The number of carbonyl (C=O) groups excluding carboxylic acids is 2. The summed E-state index contributed by atoms with van der Waals surface area (Å²) in [6.45, 7) is 1.83. The molecule has 2 atom stereocenters. The van der Waals surface area contributed by atoms with E-state index in [-0.39, 0.29) is 23.6 Å². The lowest BCUT2D eigenvalue weighted by molar-refractivity contribution is -0.145. The van der Waals surface area contributed by atoms with Gasteiger partial charge in [-0.05, 0) is 13.0 Å². The third kappa shape index (κ3) is 2.76. The van der Waals surface area contributed by atoms with Crippen LogP contribution in [0.2, 0.25) is 5.02 Å². The number of aromatic nitrogens is 1. The number of amides is 1. The number of nitrogens with zero attached hydrogens (tertiary/aromatic N) is 2. The van der Waals surface area contributed by atoms with Gasteiger partial charge in [0.25, 0.3) is 5.91 Å². The lowest BCUT2D eigenvalue weighted by atomic mass is 10.2. The van der Waals surface area contributed by atoms with Gasteiger partial charge in [-0.1, -0.05) is 11.6 Å². The molecule has 0 saturated carbocycles. The van der Waals surface area contributed by atoms with Gasteiger partial charge in [-0.3, -0.25) is 9.78 Å². The molecule has 0 bridgehead atoms. The maximum absolute atomic E-state index is 12.4. The van der Waals surface area contributed by atoms with Crippen molar-refractivity contribution in [2.24, 2.45) is 0 Å². The van der Waals surface area contributed by atoms with Gasteiger partial charge in [-0.25, -0.2) is 4.79 Å². The predicted molar refractivity (Wildman–Crippen MR) is 71.4 cm³/mol. The number of likely N-dealkylation sites (tertiary alicyclic amines) is 1.